The Morgan fingerprint density at radius 3 is 2.63 bits per heavy atom. The van der Waals surface area contributed by atoms with Gasteiger partial charge in [-0.1, -0.05) is 18.2 Å². The molecule has 1 heterocycles. The molecule has 7 heteroatoms. The fourth-order valence-corrected chi connectivity index (χ4v) is 2.71. The van der Waals surface area contributed by atoms with Gasteiger partial charge in [0.1, 0.15) is 24.0 Å². The number of nitriles is 1. The predicted molar refractivity (Wildman–Crippen MR) is 98.2 cm³/mol. The van der Waals surface area contributed by atoms with Crippen molar-refractivity contribution < 1.29 is 19.1 Å². The number of fused-ring (bicyclic) bond motifs is 1. The molecular weight excluding hydrogens is 349 g/mol. The molecule has 0 unspecified atom stereocenters. The maximum absolute atomic E-state index is 13.7. The molecule has 0 saturated heterocycles. The molecule has 6 nitrogen and oxygen atoms in total. The number of carbonyl (C=O) groups is 2. The average Bonchev–Trinajstić information content (AvgIpc) is 2.96. The first-order valence-corrected chi connectivity index (χ1v) is 7.96. The number of carboxylic acid groups (broad SMARTS) is 1. The highest BCUT2D eigenvalue weighted by molar-refractivity contribution is 6.10. The van der Waals surface area contributed by atoms with Gasteiger partial charge in [0.15, 0.2) is 0 Å². The fraction of sp³-hybridized carbons (Fsp3) is 0.0500. The number of anilines is 1. The lowest BCUT2D eigenvalue weighted by molar-refractivity contribution is -0.137. The number of carbonyl (C=O) groups excluding carboxylic acids is 1. The maximum atomic E-state index is 13.7. The Hall–Kier alpha value is -3.92. The van der Waals surface area contributed by atoms with E-state index in [-0.39, 0.29) is 12.1 Å². The van der Waals surface area contributed by atoms with E-state index in [0.717, 1.165) is 0 Å². The van der Waals surface area contributed by atoms with Gasteiger partial charge in [0.05, 0.1) is 0 Å². The summed E-state index contributed by atoms with van der Waals surface area (Å²) in [5.74, 6) is -2.18. The number of rotatable bonds is 5. The van der Waals surface area contributed by atoms with E-state index in [2.05, 4.69) is 5.32 Å². The molecule has 0 spiro atoms. The van der Waals surface area contributed by atoms with Crippen molar-refractivity contribution in [1.29, 1.82) is 5.26 Å². The molecule has 0 atom stereocenters. The Balaban J connectivity index is 2.02. The average molecular weight is 363 g/mol. The fourth-order valence-electron chi connectivity index (χ4n) is 2.71. The first kappa shape index (κ1) is 17.9. The van der Waals surface area contributed by atoms with Crippen LogP contribution in [0.25, 0.3) is 17.0 Å². The molecule has 27 heavy (non-hydrogen) atoms. The Bertz CT molecular complexity index is 1090. The summed E-state index contributed by atoms with van der Waals surface area (Å²) in [5, 5.41) is 21.4. The third-order valence-corrected chi connectivity index (χ3v) is 3.88. The molecule has 0 aliphatic rings. The van der Waals surface area contributed by atoms with Crippen LogP contribution >= 0.6 is 0 Å². The summed E-state index contributed by atoms with van der Waals surface area (Å²) in [5.41, 5.74) is 1.22. The molecule has 3 rings (SSSR count). The highest BCUT2D eigenvalue weighted by atomic mass is 19.1. The zero-order chi connectivity index (χ0) is 19.4. The third-order valence-electron chi connectivity index (χ3n) is 3.88. The SMILES string of the molecule is N#C/C(=C\c1cn(CC(=O)O)c2ccc(F)cc12)C(=O)Nc1ccccc1. The predicted octanol–water partition coefficient (Wildman–Crippen LogP) is 3.41. The van der Waals surface area contributed by atoms with E-state index in [1.807, 2.05) is 6.07 Å². The van der Waals surface area contributed by atoms with Gasteiger partial charge in [0.2, 0.25) is 0 Å². The second-order valence-corrected chi connectivity index (χ2v) is 5.76. The van der Waals surface area contributed by atoms with Crippen molar-refractivity contribution in [3.8, 4) is 6.07 Å². The van der Waals surface area contributed by atoms with Gasteiger partial charge >= 0.3 is 5.97 Å². The number of amides is 1. The van der Waals surface area contributed by atoms with E-state index in [9.17, 15) is 19.2 Å². The number of benzene rings is 2. The number of para-hydroxylation sites is 1. The molecule has 0 fully saturated rings. The first-order chi connectivity index (χ1) is 13.0. The Morgan fingerprint density at radius 2 is 1.96 bits per heavy atom. The van der Waals surface area contributed by atoms with Crippen molar-refractivity contribution >= 4 is 34.5 Å². The number of aromatic nitrogens is 1. The van der Waals surface area contributed by atoms with Crippen molar-refractivity contribution in [1.82, 2.24) is 4.57 Å². The summed E-state index contributed by atoms with van der Waals surface area (Å²) in [6, 6.07) is 14.4. The second-order valence-electron chi connectivity index (χ2n) is 5.76. The van der Waals surface area contributed by atoms with Gasteiger partial charge in [0.25, 0.3) is 5.91 Å². The standard InChI is InChI=1S/C20H14FN3O3/c21-15-6-7-18-17(9-15)14(11-24(18)12-19(25)26)8-13(10-22)20(27)23-16-4-2-1-3-5-16/h1-9,11H,12H2,(H,23,27)(H,25,26)/b13-8+. The minimum atomic E-state index is -1.06. The molecule has 1 amide bonds. The lowest BCUT2D eigenvalue weighted by atomic mass is 10.1. The van der Waals surface area contributed by atoms with Crippen molar-refractivity contribution in [3.05, 3.63) is 71.7 Å². The summed E-state index contributed by atoms with van der Waals surface area (Å²) in [4.78, 5) is 23.4. The minimum absolute atomic E-state index is 0.183. The van der Waals surface area contributed by atoms with Gasteiger partial charge in [-0.3, -0.25) is 9.59 Å². The lowest BCUT2D eigenvalue weighted by Crippen LogP contribution is -2.13. The van der Waals surface area contributed by atoms with Gasteiger partial charge in [-0.05, 0) is 36.4 Å². The largest absolute Gasteiger partial charge is 0.480 e. The first-order valence-electron chi connectivity index (χ1n) is 7.96. The van der Waals surface area contributed by atoms with Crippen LogP contribution in [-0.2, 0) is 16.1 Å². The molecule has 0 saturated carbocycles. The van der Waals surface area contributed by atoms with Crippen LogP contribution < -0.4 is 5.32 Å². The Morgan fingerprint density at radius 1 is 1.22 bits per heavy atom. The van der Waals surface area contributed by atoms with Crippen LogP contribution in [0, 0.1) is 17.1 Å². The lowest BCUT2D eigenvalue weighted by Gasteiger charge is -2.03. The van der Waals surface area contributed by atoms with Crippen LogP contribution in [0.1, 0.15) is 5.56 Å². The van der Waals surface area contributed by atoms with Crippen molar-refractivity contribution in [2.24, 2.45) is 0 Å². The number of halogens is 1. The Labute approximate surface area is 153 Å². The highest BCUT2D eigenvalue weighted by Gasteiger charge is 2.14. The zero-order valence-corrected chi connectivity index (χ0v) is 14.0. The number of hydrogen-bond donors (Lipinski definition) is 2. The maximum Gasteiger partial charge on any atom is 0.323 e. The van der Waals surface area contributed by atoms with Crippen LogP contribution in [0.3, 0.4) is 0 Å². The van der Waals surface area contributed by atoms with Crippen molar-refractivity contribution in [2.45, 2.75) is 6.54 Å². The molecule has 1 aromatic heterocycles. The highest BCUT2D eigenvalue weighted by Crippen LogP contribution is 2.25. The third kappa shape index (κ3) is 4.02. The topological polar surface area (TPSA) is 95.1 Å². The summed E-state index contributed by atoms with van der Waals surface area (Å²) < 4.78 is 15.1. The van der Waals surface area contributed by atoms with Gasteiger partial charge in [-0.25, -0.2) is 4.39 Å². The summed E-state index contributed by atoms with van der Waals surface area (Å²) >= 11 is 0. The summed E-state index contributed by atoms with van der Waals surface area (Å²) in [7, 11) is 0. The van der Waals surface area contributed by atoms with Gasteiger partial charge in [0, 0.05) is 28.4 Å². The van der Waals surface area contributed by atoms with E-state index in [1.165, 1.54) is 35.0 Å². The number of nitrogens with one attached hydrogen (secondary N) is 1. The van der Waals surface area contributed by atoms with Crippen LogP contribution in [0.5, 0.6) is 0 Å². The van der Waals surface area contributed by atoms with E-state index in [0.29, 0.717) is 22.2 Å². The molecule has 3 aromatic rings. The molecule has 2 aromatic carbocycles. The van der Waals surface area contributed by atoms with Crippen molar-refractivity contribution in [3.63, 3.8) is 0 Å². The molecular formula is C20H14FN3O3. The van der Waals surface area contributed by atoms with Crippen LogP contribution in [0.2, 0.25) is 0 Å². The molecule has 0 aliphatic heterocycles. The van der Waals surface area contributed by atoms with Crippen LogP contribution in [0.4, 0.5) is 10.1 Å². The zero-order valence-electron chi connectivity index (χ0n) is 14.0. The van der Waals surface area contributed by atoms with Gasteiger partial charge in [-0.2, -0.15) is 5.26 Å². The smallest absolute Gasteiger partial charge is 0.323 e. The molecule has 134 valence electrons. The quantitative estimate of drug-likeness (QED) is 0.536. The van der Waals surface area contributed by atoms with E-state index >= 15 is 0 Å². The number of nitrogens with zero attached hydrogens (tertiary/aromatic N) is 2. The van der Waals surface area contributed by atoms with E-state index in [4.69, 9.17) is 5.11 Å². The molecule has 0 radical (unpaired) electrons. The van der Waals surface area contributed by atoms with Gasteiger partial charge in [-0.15, -0.1) is 0 Å². The van der Waals surface area contributed by atoms with Gasteiger partial charge < -0.3 is 15.0 Å². The summed E-state index contributed by atoms with van der Waals surface area (Å²) in [6.07, 6.45) is 2.80. The van der Waals surface area contributed by atoms with E-state index in [1.54, 1.807) is 30.3 Å². The van der Waals surface area contributed by atoms with E-state index < -0.39 is 17.7 Å². The monoisotopic (exact) mass is 363 g/mol. The normalized spacial score (nSPS) is 11.2. The number of aliphatic carboxylic acids is 1. The van der Waals surface area contributed by atoms with Crippen LogP contribution in [0.15, 0.2) is 60.3 Å². The summed E-state index contributed by atoms with van der Waals surface area (Å²) in [6.45, 7) is -0.325. The minimum Gasteiger partial charge on any atom is -0.480 e. The molecule has 0 aliphatic carbocycles. The van der Waals surface area contributed by atoms with Crippen LogP contribution in [-0.4, -0.2) is 21.6 Å². The number of carboxylic acids is 1. The second kappa shape index (κ2) is 7.54. The van der Waals surface area contributed by atoms with Crippen molar-refractivity contribution in [2.75, 3.05) is 5.32 Å². The molecule has 0 bridgehead atoms. The molecule has 2 N–H and O–H groups in total. The number of hydrogen-bond acceptors (Lipinski definition) is 3. The Kier molecular flexibility index (Phi) is 4.99.